The molecule has 2 aliphatic rings. The van der Waals surface area contributed by atoms with Gasteiger partial charge in [-0.15, -0.1) is 0 Å². The zero-order valence-corrected chi connectivity index (χ0v) is 24.9. The molecule has 0 spiro atoms. The third-order valence-electron chi connectivity index (χ3n) is 8.41. The molecule has 3 aromatic carbocycles. The van der Waals surface area contributed by atoms with Crippen molar-refractivity contribution >= 4 is 38.6 Å². The summed E-state index contributed by atoms with van der Waals surface area (Å²) in [5.41, 5.74) is 5.41. The van der Waals surface area contributed by atoms with E-state index in [0.717, 1.165) is 28.0 Å². The van der Waals surface area contributed by atoms with Gasteiger partial charge in [-0.1, -0.05) is 18.2 Å². The van der Waals surface area contributed by atoms with Crippen molar-refractivity contribution in [3.05, 3.63) is 76.9 Å². The molecule has 4 aromatic rings. The van der Waals surface area contributed by atoms with Gasteiger partial charge in [0, 0.05) is 18.7 Å². The fraction of sp³-hybridized carbons (Fsp3) is 0.344. The number of carbonyl (C=O) groups is 2. The molecule has 218 valence electrons. The number of nitrogens with zero attached hydrogens (tertiary/aromatic N) is 3. The number of hydrogen-bond donors (Lipinski definition) is 0. The third-order valence-corrected chi connectivity index (χ3v) is 10.6. The van der Waals surface area contributed by atoms with Gasteiger partial charge in [0.25, 0.3) is 5.91 Å². The smallest absolute Gasteiger partial charge is 0.252 e. The summed E-state index contributed by atoms with van der Waals surface area (Å²) in [6.45, 7) is 7.86. The highest BCUT2D eigenvalue weighted by atomic mass is 32.2. The van der Waals surface area contributed by atoms with Crippen LogP contribution in [0.2, 0.25) is 0 Å². The van der Waals surface area contributed by atoms with Gasteiger partial charge in [0.15, 0.2) is 5.58 Å². The zero-order valence-electron chi connectivity index (χ0n) is 24.1. The van der Waals surface area contributed by atoms with Crippen molar-refractivity contribution in [3.8, 4) is 11.5 Å². The topological polar surface area (TPSA) is 110 Å². The Morgan fingerprint density at radius 3 is 2.31 bits per heavy atom. The molecular formula is C32H33N3O6S. The van der Waals surface area contributed by atoms with Gasteiger partial charge in [0.05, 0.1) is 23.1 Å². The molecule has 2 unspecified atom stereocenters. The van der Waals surface area contributed by atoms with E-state index in [0.29, 0.717) is 46.9 Å². The normalized spacial score (nSPS) is 19.5. The Kier molecular flexibility index (Phi) is 7.24. The van der Waals surface area contributed by atoms with Crippen LogP contribution in [0.1, 0.15) is 41.5 Å². The molecule has 2 atom stereocenters. The lowest BCUT2D eigenvalue weighted by Gasteiger charge is -2.30. The number of benzene rings is 3. The van der Waals surface area contributed by atoms with Crippen LogP contribution < -0.4 is 4.90 Å². The van der Waals surface area contributed by atoms with Crippen LogP contribution in [0, 0.1) is 27.7 Å². The van der Waals surface area contributed by atoms with Crippen LogP contribution in [0.5, 0.6) is 0 Å². The van der Waals surface area contributed by atoms with Gasteiger partial charge in [-0.3, -0.25) is 9.59 Å². The van der Waals surface area contributed by atoms with E-state index in [9.17, 15) is 18.0 Å². The van der Waals surface area contributed by atoms with Crippen LogP contribution in [0.3, 0.4) is 0 Å². The van der Waals surface area contributed by atoms with E-state index in [-0.39, 0.29) is 24.0 Å². The monoisotopic (exact) mass is 587 g/mol. The van der Waals surface area contributed by atoms with Crippen LogP contribution in [0.4, 0.5) is 5.69 Å². The molecule has 0 aliphatic carbocycles. The second-order valence-electron chi connectivity index (χ2n) is 11.1. The minimum absolute atomic E-state index is 0.00237. The summed E-state index contributed by atoms with van der Waals surface area (Å²) >= 11 is 0. The summed E-state index contributed by atoms with van der Waals surface area (Å²) in [7, 11) is -4.16. The predicted molar refractivity (Wildman–Crippen MR) is 159 cm³/mol. The number of sulfonamides is 1. The molecule has 2 aliphatic heterocycles. The average Bonchev–Trinajstić information content (AvgIpc) is 3.70. The van der Waals surface area contributed by atoms with E-state index in [1.54, 1.807) is 38.1 Å². The highest BCUT2D eigenvalue weighted by molar-refractivity contribution is 7.89. The van der Waals surface area contributed by atoms with Crippen molar-refractivity contribution in [2.45, 2.75) is 64.0 Å². The molecule has 0 bridgehead atoms. The molecule has 2 saturated heterocycles. The van der Waals surface area contributed by atoms with E-state index in [1.165, 1.54) is 4.31 Å². The average molecular weight is 588 g/mol. The van der Waals surface area contributed by atoms with Crippen LogP contribution in [-0.2, 0) is 24.3 Å². The van der Waals surface area contributed by atoms with Crippen molar-refractivity contribution in [1.82, 2.24) is 9.29 Å². The molecule has 0 N–H and O–H groups in total. The molecule has 10 heteroatoms. The molecule has 0 saturated carbocycles. The summed E-state index contributed by atoms with van der Waals surface area (Å²) in [5.74, 6) is -0.607. The summed E-state index contributed by atoms with van der Waals surface area (Å²) in [4.78, 5) is 33.0. The summed E-state index contributed by atoms with van der Waals surface area (Å²) < 4.78 is 41.6. The molecule has 2 amide bonds. The number of para-hydroxylation sites is 2. The number of oxazole rings is 1. The van der Waals surface area contributed by atoms with E-state index in [2.05, 4.69) is 4.98 Å². The van der Waals surface area contributed by atoms with Gasteiger partial charge >= 0.3 is 0 Å². The number of amides is 2. The second-order valence-corrected chi connectivity index (χ2v) is 12.9. The first kappa shape index (κ1) is 28.3. The predicted octanol–water partition coefficient (Wildman–Crippen LogP) is 5.23. The second kappa shape index (κ2) is 10.8. The summed E-state index contributed by atoms with van der Waals surface area (Å²) in [6.07, 6.45) is 0.905. The molecule has 2 fully saturated rings. The molecule has 6 rings (SSSR count). The fourth-order valence-corrected chi connectivity index (χ4v) is 8.12. The number of anilines is 1. The van der Waals surface area contributed by atoms with Crippen LogP contribution in [0.25, 0.3) is 22.6 Å². The van der Waals surface area contributed by atoms with Gasteiger partial charge in [-0.25, -0.2) is 18.3 Å². The molecule has 42 heavy (non-hydrogen) atoms. The third kappa shape index (κ3) is 4.83. The van der Waals surface area contributed by atoms with Crippen molar-refractivity contribution in [1.29, 1.82) is 0 Å². The maximum Gasteiger partial charge on any atom is 0.252 e. The Hall–Kier alpha value is -3.86. The lowest BCUT2D eigenvalue weighted by molar-refractivity contribution is -0.122. The molecule has 0 radical (unpaired) electrons. The van der Waals surface area contributed by atoms with Crippen molar-refractivity contribution in [2.24, 2.45) is 0 Å². The summed E-state index contributed by atoms with van der Waals surface area (Å²) in [5, 5.41) is 0. The Labute approximate surface area is 245 Å². The maximum atomic E-state index is 14.4. The van der Waals surface area contributed by atoms with Gasteiger partial charge < -0.3 is 9.15 Å². The number of rotatable bonds is 7. The SMILES string of the molecule is Cc1cc(C)c(C)c(S(=O)(=O)N(CC2CCCO2)C2CC(=O)N(c3ccc(-c4nc5ccccc5o4)cc3)C2=O)c1C. The van der Waals surface area contributed by atoms with E-state index < -0.39 is 27.9 Å². The number of ether oxygens (including phenoxy) is 1. The molecular weight excluding hydrogens is 554 g/mol. The molecule has 3 heterocycles. The van der Waals surface area contributed by atoms with Gasteiger partial charge in [0.2, 0.25) is 21.8 Å². The molecule has 1 aromatic heterocycles. The minimum Gasteiger partial charge on any atom is -0.436 e. The molecule has 9 nitrogen and oxygen atoms in total. The summed E-state index contributed by atoms with van der Waals surface area (Å²) in [6, 6.07) is 15.0. The van der Waals surface area contributed by atoms with E-state index in [4.69, 9.17) is 9.15 Å². The fourth-order valence-electron chi connectivity index (χ4n) is 5.93. The quantitative estimate of drug-likeness (QED) is 0.272. The zero-order chi connectivity index (χ0) is 29.8. The van der Waals surface area contributed by atoms with Crippen LogP contribution >= 0.6 is 0 Å². The van der Waals surface area contributed by atoms with Crippen LogP contribution in [-0.4, -0.2) is 54.8 Å². The number of aromatic nitrogens is 1. The minimum atomic E-state index is -4.16. The van der Waals surface area contributed by atoms with Gasteiger partial charge in [-0.2, -0.15) is 4.31 Å². The Morgan fingerprint density at radius 2 is 1.67 bits per heavy atom. The number of fused-ring (bicyclic) bond motifs is 1. The van der Waals surface area contributed by atoms with Crippen molar-refractivity contribution in [2.75, 3.05) is 18.1 Å². The Morgan fingerprint density at radius 1 is 0.976 bits per heavy atom. The maximum absolute atomic E-state index is 14.4. The first-order valence-corrected chi connectivity index (χ1v) is 15.5. The lowest BCUT2D eigenvalue weighted by atomic mass is 10.0. The van der Waals surface area contributed by atoms with E-state index in [1.807, 2.05) is 44.2 Å². The Bertz CT molecular complexity index is 1750. The van der Waals surface area contributed by atoms with E-state index >= 15 is 0 Å². The Balaban J connectivity index is 1.34. The number of hydrogen-bond acceptors (Lipinski definition) is 7. The first-order chi connectivity index (χ1) is 20.1. The highest BCUT2D eigenvalue weighted by Crippen LogP contribution is 2.35. The van der Waals surface area contributed by atoms with Crippen molar-refractivity contribution < 1.29 is 27.2 Å². The van der Waals surface area contributed by atoms with Crippen LogP contribution in [0.15, 0.2) is 63.9 Å². The number of imide groups is 1. The standard InChI is InChI=1S/C32H33N3O6S/c1-19-16-20(2)22(4)30(21(19)3)42(38,39)34(18-25-8-7-15-40-25)27-17-29(36)35(32(27)37)24-13-11-23(12-14-24)31-33-26-9-5-6-10-28(26)41-31/h5-6,9-14,16,25,27H,7-8,15,17-18H2,1-4H3. The first-order valence-electron chi connectivity index (χ1n) is 14.1. The largest absolute Gasteiger partial charge is 0.436 e. The lowest BCUT2D eigenvalue weighted by Crippen LogP contribution is -2.48. The number of carbonyl (C=O) groups excluding carboxylic acids is 2. The van der Waals surface area contributed by atoms with Gasteiger partial charge in [0.1, 0.15) is 11.6 Å². The van der Waals surface area contributed by atoms with Gasteiger partial charge in [-0.05, 0) is 99.2 Å². The van der Waals surface area contributed by atoms with Crippen molar-refractivity contribution in [3.63, 3.8) is 0 Å². The number of aryl methyl sites for hydroxylation is 2. The highest BCUT2D eigenvalue weighted by Gasteiger charge is 2.48.